The molecule has 0 unspecified atom stereocenters. The number of amides is 1. The fourth-order valence-corrected chi connectivity index (χ4v) is 2.84. The van der Waals surface area contributed by atoms with Crippen molar-refractivity contribution >= 4 is 23.3 Å². The predicted molar refractivity (Wildman–Crippen MR) is 95.1 cm³/mol. The Bertz CT molecular complexity index is 876. The van der Waals surface area contributed by atoms with Crippen molar-refractivity contribution in [3.8, 4) is 5.75 Å². The molecule has 1 fully saturated rings. The number of carbonyl (C=O) groups is 2. The number of benzene rings is 2. The molecule has 134 valence electrons. The summed E-state index contributed by atoms with van der Waals surface area (Å²) < 4.78 is 5.27. The molecule has 7 nitrogen and oxygen atoms in total. The van der Waals surface area contributed by atoms with Crippen LogP contribution < -0.4 is 9.64 Å². The van der Waals surface area contributed by atoms with Gasteiger partial charge in [0.15, 0.2) is 0 Å². The van der Waals surface area contributed by atoms with Crippen molar-refractivity contribution in [2.24, 2.45) is 5.92 Å². The summed E-state index contributed by atoms with van der Waals surface area (Å²) in [6.45, 7) is 4.22. The van der Waals surface area contributed by atoms with E-state index in [1.54, 1.807) is 4.90 Å². The van der Waals surface area contributed by atoms with Gasteiger partial charge >= 0.3 is 5.97 Å². The van der Waals surface area contributed by atoms with Crippen molar-refractivity contribution in [2.75, 3.05) is 11.4 Å². The molecule has 1 saturated heterocycles. The molecule has 0 saturated carbocycles. The van der Waals surface area contributed by atoms with Crippen molar-refractivity contribution in [3.63, 3.8) is 0 Å². The molecule has 1 aliphatic rings. The molecule has 0 aromatic heterocycles. The summed E-state index contributed by atoms with van der Waals surface area (Å²) in [6.07, 6.45) is 0.0821. The zero-order chi connectivity index (χ0) is 18.8. The van der Waals surface area contributed by atoms with E-state index in [-0.39, 0.29) is 30.3 Å². The minimum atomic E-state index is -0.570. The molecule has 1 atom stereocenters. The van der Waals surface area contributed by atoms with Crippen molar-refractivity contribution in [1.29, 1.82) is 0 Å². The van der Waals surface area contributed by atoms with E-state index in [9.17, 15) is 19.7 Å². The first-order valence-corrected chi connectivity index (χ1v) is 8.19. The van der Waals surface area contributed by atoms with E-state index in [0.29, 0.717) is 0 Å². The van der Waals surface area contributed by atoms with Gasteiger partial charge in [0.1, 0.15) is 5.75 Å². The zero-order valence-corrected chi connectivity index (χ0v) is 14.5. The number of carbonyl (C=O) groups excluding carboxylic acids is 2. The van der Waals surface area contributed by atoms with Gasteiger partial charge in [-0.1, -0.05) is 6.07 Å². The molecule has 1 amide bonds. The van der Waals surface area contributed by atoms with Crippen LogP contribution in [0.4, 0.5) is 11.4 Å². The SMILES string of the molecule is Cc1ccc(N2C[C@H](C(=O)Oc3ccc([N+](=O)[O-])cc3)CC2=O)cc1C. The fourth-order valence-electron chi connectivity index (χ4n) is 2.84. The van der Waals surface area contributed by atoms with E-state index in [1.807, 2.05) is 32.0 Å². The molecule has 7 heteroatoms. The highest BCUT2D eigenvalue weighted by Gasteiger charge is 2.36. The number of esters is 1. The van der Waals surface area contributed by atoms with E-state index >= 15 is 0 Å². The van der Waals surface area contributed by atoms with Crippen LogP contribution in [0.3, 0.4) is 0 Å². The van der Waals surface area contributed by atoms with Gasteiger partial charge in [-0.15, -0.1) is 0 Å². The summed E-state index contributed by atoms with van der Waals surface area (Å²) in [5, 5.41) is 10.7. The van der Waals surface area contributed by atoms with Crippen molar-refractivity contribution < 1.29 is 19.2 Å². The summed E-state index contributed by atoms with van der Waals surface area (Å²) >= 11 is 0. The van der Waals surface area contributed by atoms with Crippen LogP contribution in [0.1, 0.15) is 17.5 Å². The van der Waals surface area contributed by atoms with Crippen molar-refractivity contribution in [1.82, 2.24) is 0 Å². The van der Waals surface area contributed by atoms with Crippen LogP contribution in [0.5, 0.6) is 5.75 Å². The molecule has 1 aliphatic heterocycles. The number of anilines is 1. The van der Waals surface area contributed by atoms with Gasteiger partial charge < -0.3 is 9.64 Å². The maximum absolute atomic E-state index is 12.3. The van der Waals surface area contributed by atoms with Crippen molar-refractivity contribution in [2.45, 2.75) is 20.3 Å². The van der Waals surface area contributed by atoms with Gasteiger partial charge in [-0.3, -0.25) is 19.7 Å². The van der Waals surface area contributed by atoms with E-state index in [2.05, 4.69) is 0 Å². The van der Waals surface area contributed by atoms with Crippen LogP contribution in [0.2, 0.25) is 0 Å². The minimum Gasteiger partial charge on any atom is -0.426 e. The largest absolute Gasteiger partial charge is 0.426 e. The summed E-state index contributed by atoms with van der Waals surface area (Å²) in [4.78, 5) is 36.4. The molecular weight excluding hydrogens is 336 g/mol. The predicted octanol–water partition coefficient (Wildman–Crippen LogP) is 3.17. The van der Waals surface area contributed by atoms with Crippen molar-refractivity contribution in [3.05, 3.63) is 63.7 Å². The number of aryl methyl sites for hydroxylation is 2. The quantitative estimate of drug-likeness (QED) is 0.364. The first kappa shape index (κ1) is 17.6. The highest BCUT2D eigenvalue weighted by atomic mass is 16.6. The number of non-ortho nitro benzene ring substituents is 1. The summed E-state index contributed by atoms with van der Waals surface area (Å²) in [6, 6.07) is 11.0. The van der Waals surface area contributed by atoms with Gasteiger partial charge in [0, 0.05) is 30.8 Å². The average molecular weight is 354 g/mol. The third-order valence-electron chi connectivity index (χ3n) is 4.53. The Morgan fingerprint density at radius 2 is 1.85 bits per heavy atom. The molecule has 1 heterocycles. The van der Waals surface area contributed by atoms with Crippen LogP contribution in [0, 0.1) is 29.9 Å². The number of nitrogens with zero attached hydrogens (tertiary/aromatic N) is 2. The highest BCUT2D eigenvalue weighted by Crippen LogP contribution is 2.28. The number of ether oxygens (including phenoxy) is 1. The number of rotatable bonds is 4. The maximum Gasteiger partial charge on any atom is 0.316 e. The second-order valence-corrected chi connectivity index (χ2v) is 6.35. The topological polar surface area (TPSA) is 89.8 Å². The number of nitro benzene ring substituents is 1. The number of nitro groups is 1. The molecule has 0 spiro atoms. The summed E-state index contributed by atoms with van der Waals surface area (Å²) in [5.74, 6) is -0.991. The lowest BCUT2D eigenvalue weighted by Gasteiger charge is -2.17. The molecule has 26 heavy (non-hydrogen) atoms. The second kappa shape index (κ2) is 6.95. The van der Waals surface area contributed by atoms with Gasteiger partial charge in [0.05, 0.1) is 10.8 Å². The van der Waals surface area contributed by atoms with E-state index in [4.69, 9.17) is 4.74 Å². The van der Waals surface area contributed by atoms with Gasteiger partial charge in [-0.2, -0.15) is 0 Å². The lowest BCUT2D eigenvalue weighted by Crippen LogP contribution is -2.27. The van der Waals surface area contributed by atoms with E-state index in [0.717, 1.165) is 16.8 Å². The van der Waals surface area contributed by atoms with E-state index in [1.165, 1.54) is 24.3 Å². The molecule has 0 bridgehead atoms. The molecule has 0 aliphatic carbocycles. The first-order valence-electron chi connectivity index (χ1n) is 8.19. The van der Waals surface area contributed by atoms with Crippen LogP contribution in [0.25, 0.3) is 0 Å². The molecule has 2 aromatic rings. The van der Waals surface area contributed by atoms with Crippen LogP contribution >= 0.6 is 0 Å². The van der Waals surface area contributed by atoms with Crippen LogP contribution in [-0.2, 0) is 9.59 Å². The summed E-state index contributed by atoms with van der Waals surface area (Å²) in [5.41, 5.74) is 2.90. The van der Waals surface area contributed by atoms with E-state index < -0.39 is 16.8 Å². The Hall–Kier alpha value is -3.22. The Kier molecular flexibility index (Phi) is 4.71. The molecule has 0 N–H and O–H groups in total. The second-order valence-electron chi connectivity index (χ2n) is 6.35. The van der Waals surface area contributed by atoms with Gasteiger partial charge in [-0.25, -0.2) is 0 Å². The Balaban J connectivity index is 1.68. The minimum absolute atomic E-state index is 0.0817. The monoisotopic (exact) mass is 354 g/mol. The summed E-state index contributed by atoms with van der Waals surface area (Å²) in [7, 11) is 0. The Labute approximate surface area is 150 Å². The van der Waals surface area contributed by atoms with Crippen LogP contribution in [0.15, 0.2) is 42.5 Å². The number of hydrogen-bond acceptors (Lipinski definition) is 5. The van der Waals surface area contributed by atoms with Gasteiger partial charge in [0.2, 0.25) is 5.91 Å². The van der Waals surface area contributed by atoms with Gasteiger partial charge in [-0.05, 0) is 49.2 Å². The Morgan fingerprint density at radius 3 is 2.46 bits per heavy atom. The van der Waals surface area contributed by atoms with Crippen LogP contribution in [-0.4, -0.2) is 23.3 Å². The lowest BCUT2D eigenvalue weighted by atomic mass is 10.1. The third kappa shape index (κ3) is 3.56. The Morgan fingerprint density at radius 1 is 1.15 bits per heavy atom. The number of hydrogen-bond donors (Lipinski definition) is 0. The lowest BCUT2D eigenvalue weighted by molar-refractivity contribution is -0.384. The molecule has 3 rings (SSSR count). The maximum atomic E-state index is 12.3. The standard InChI is InChI=1S/C19H18N2O5/c1-12-3-4-16(9-13(12)2)20-11-14(10-18(20)22)19(23)26-17-7-5-15(6-8-17)21(24)25/h3-9,14H,10-11H2,1-2H3/t14-/m1/s1. The fraction of sp³-hybridized carbons (Fsp3) is 0.263. The molecule has 2 aromatic carbocycles. The normalized spacial score (nSPS) is 16.6. The average Bonchev–Trinajstić information content (AvgIpc) is 3.00. The highest BCUT2D eigenvalue weighted by molar-refractivity contribution is 5.99. The first-order chi connectivity index (χ1) is 12.3. The molecule has 0 radical (unpaired) electrons. The molecular formula is C19H18N2O5. The third-order valence-corrected chi connectivity index (χ3v) is 4.53. The smallest absolute Gasteiger partial charge is 0.316 e. The zero-order valence-electron chi connectivity index (χ0n) is 14.5. The van der Waals surface area contributed by atoms with Gasteiger partial charge in [0.25, 0.3) is 5.69 Å².